The molecule has 2 aromatic heterocycles. The van der Waals surface area contributed by atoms with Crippen LogP contribution in [0.4, 0.5) is 30.6 Å². The van der Waals surface area contributed by atoms with Crippen molar-refractivity contribution < 1.29 is 18.0 Å². The van der Waals surface area contributed by atoms with E-state index >= 15 is 0 Å². The molecule has 2 heterocycles. The number of nitrogens with zero attached hydrogens (tertiary/aromatic N) is 3. The highest BCUT2D eigenvalue weighted by molar-refractivity contribution is 5.78. The molecule has 0 saturated carbocycles. The third-order valence-electron chi connectivity index (χ3n) is 4.21. The summed E-state index contributed by atoms with van der Waals surface area (Å²) in [6, 6.07) is 10.2. The molecule has 0 aliphatic carbocycles. The van der Waals surface area contributed by atoms with Crippen molar-refractivity contribution in [2.45, 2.75) is 19.5 Å². The molecule has 0 spiro atoms. The van der Waals surface area contributed by atoms with Gasteiger partial charge in [0.05, 0.1) is 12.0 Å². The van der Waals surface area contributed by atoms with Crippen molar-refractivity contribution in [1.29, 1.82) is 0 Å². The van der Waals surface area contributed by atoms with Crippen molar-refractivity contribution in [3.63, 3.8) is 0 Å². The van der Waals surface area contributed by atoms with E-state index in [0.29, 0.717) is 29.6 Å². The van der Waals surface area contributed by atoms with Crippen LogP contribution in [0.5, 0.6) is 0 Å². The van der Waals surface area contributed by atoms with Crippen LogP contribution in [0, 0.1) is 6.92 Å². The van der Waals surface area contributed by atoms with E-state index in [4.69, 9.17) is 0 Å². The minimum Gasteiger partial charge on any atom is -0.368 e. The molecule has 0 atom stereocenters. The minimum atomic E-state index is -4.43. The van der Waals surface area contributed by atoms with Crippen LogP contribution >= 0.6 is 0 Å². The largest absolute Gasteiger partial charge is 0.416 e. The van der Waals surface area contributed by atoms with Crippen molar-refractivity contribution >= 4 is 23.4 Å². The van der Waals surface area contributed by atoms with E-state index in [-0.39, 0.29) is 18.9 Å². The van der Waals surface area contributed by atoms with Gasteiger partial charge in [-0.25, -0.2) is 15.0 Å². The Morgan fingerprint density at radius 1 is 0.968 bits per heavy atom. The summed E-state index contributed by atoms with van der Waals surface area (Å²) in [6.07, 6.45) is -1.47. The van der Waals surface area contributed by atoms with Gasteiger partial charge in [0.25, 0.3) is 0 Å². The van der Waals surface area contributed by atoms with E-state index < -0.39 is 11.7 Å². The number of hydrogen-bond acceptors (Lipinski definition) is 6. The number of aryl methyl sites for hydroxylation is 1. The molecule has 0 aliphatic heterocycles. The second-order valence-electron chi connectivity index (χ2n) is 6.78. The Labute approximate surface area is 177 Å². The van der Waals surface area contributed by atoms with Gasteiger partial charge in [-0.05, 0) is 36.2 Å². The molecule has 162 valence electrons. The van der Waals surface area contributed by atoms with Crippen molar-refractivity contribution in [3.05, 3.63) is 71.7 Å². The second kappa shape index (κ2) is 9.88. The Hall–Kier alpha value is -3.69. The Morgan fingerprint density at radius 3 is 2.52 bits per heavy atom. The number of rotatable bonds is 8. The number of benzene rings is 1. The van der Waals surface area contributed by atoms with Gasteiger partial charge in [-0.15, -0.1) is 0 Å². The number of carbonyl (C=O) groups is 1. The lowest BCUT2D eigenvalue weighted by Gasteiger charge is -2.10. The maximum absolute atomic E-state index is 12.8. The fraction of sp³-hybridized carbons (Fsp3) is 0.238. The average Bonchev–Trinajstić information content (AvgIpc) is 2.71. The number of amides is 1. The molecule has 10 heteroatoms. The second-order valence-corrected chi connectivity index (χ2v) is 6.78. The van der Waals surface area contributed by atoms with Gasteiger partial charge >= 0.3 is 6.18 Å². The van der Waals surface area contributed by atoms with Crippen LogP contribution in [0.15, 0.2) is 55.0 Å². The highest BCUT2D eigenvalue weighted by Gasteiger charge is 2.30. The number of halogens is 3. The van der Waals surface area contributed by atoms with Crippen molar-refractivity contribution in [1.82, 2.24) is 20.3 Å². The Balaban J connectivity index is 1.45. The van der Waals surface area contributed by atoms with Gasteiger partial charge < -0.3 is 16.0 Å². The number of anilines is 3. The van der Waals surface area contributed by atoms with Gasteiger partial charge in [0.1, 0.15) is 23.8 Å². The van der Waals surface area contributed by atoms with Crippen LogP contribution in [0.3, 0.4) is 0 Å². The summed E-state index contributed by atoms with van der Waals surface area (Å²) in [4.78, 5) is 24.5. The summed E-state index contributed by atoms with van der Waals surface area (Å²) in [5.41, 5.74) is 0.593. The smallest absolute Gasteiger partial charge is 0.368 e. The topological polar surface area (TPSA) is 91.8 Å². The molecular weight excluding hydrogens is 409 g/mol. The van der Waals surface area contributed by atoms with Crippen LogP contribution in [0.25, 0.3) is 0 Å². The SMILES string of the molecule is Cc1ccnc(Nc2cc(NCCNC(=O)Cc3cccc(C(F)(F)F)c3)ncn2)c1. The molecule has 3 rings (SSSR count). The van der Waals surface area contributed by atoms with E-state index in [9.17, 15) is 18.0 Å². The molecule has 0 bridgehead atoms. The minimum absolute atomic E-state index is 0.130. The maximum atomic E-state index is 12.8. The highest BCUT2D eigenvalue weighted by atomic mass is 19.4. The van der Waals surface area contributed by atoms with E-state index in [1.54, 1.807) is 12.3 Å². The first-order valence-electron chi connectivity index (χ1n) is 9.48. The Kier molecular flexibility index (Phi) is 7.01. The van der Waals surface area contributed by atoms with Crippen molar-refractivity contribution in [2.24, 2.45) is 0 Å². The molecule has 1 aromatic carbocycles. The number of hydrogen-bond donors (Lipinski definition) is 3. The van der Waals surface area contributed by atoms with Crippen molar-refractivity contribution in [3.8, 4) is 0 Å². The third-order valence-corrected chi connectivity index (χ3v) is 4.21. The summed E-state index contributed by atoms with van der Waals surface area (Å²) in [6.45, 7) is 2.62. The quantitative estimate of drug-likeness (QED) is 0.472. The standard InChI is InChI=1S/C21H21F3N6O/c1-14-5-6-25-18(9-14)30-19-12-17(28-13-29-19)26-7-8-27-20(31)11-15-3-2-4-16(10-15)21(22,23)24/h2-6,9-10,12-13H,7-8,11H2,1H3,(H,27,31)(H2,25,26,28,29,30). The van der Waals surface area contributed by atoms with Crippen LogP contribution < -0.4 is 16.0 Å². The molecule has 0 radical (unpaired) electrons. The first-order chi connectivity index (χ1) is 14.8. The first kappa shape index (κ1) is 22.0. The summed E-state index contributed by atoms with van der Waals surface area (Å²) in [7, 11) is 0. The lowest BCUT2D eigenvalue weighted by atomic mass is 10.1. The van der Waals surface area contributed by atoms with Crippen LogP contribution in [-0.4, -0.2) is 33.9 Å². The normalized spacial score (nSPS) is 11.1. The van der Waals surface area contributed by atoms with Gasteiger partial charge in [-0.1, -0.05) is 18.2 Å². The molecule has 31 heavy (non-hydrogen) atoms. The van der Waals surface area contributed by atoms with Gasteiger partial charge in [0, 0.05) is 25.4 Å². The van der Waals surface area contributed by atoms with E-state index in [0.717, 1.165) is 17.7 Å². The Morgan fingerprint density at radius 2 is 1.74 bits per heavy atom. The number of alkyl halides is 3. The van der Waals surface area contributed by atoms with Gasteiger partial charge in [-0.2, -0.15) is 13.2 Å². The molecular formula is C21H21F3N6O. The zero-order valence-corrected chi connectivity index (χ0v) is 16.7. The number of carbonyl (C=O) groups excluding carboxylic acids is 1. The molecule has 7 nitrogen and oxygen atoms in total. The van der Waals surface area contributed by atoms with Crippen LogP contribution in [0.2, 0.25) is 0 Å². The first-order valence-corrected chi connectivity index (χ1v) is 9.48. The predicted octanol–water partition coefficient (Wildman–Crippen LogP) is 3.71. The zero-order valence-electron chi connectivity index (χ0n) is 16.7. The number of pyridine rings is 1. The highest BCUT2D eigenvalue weighted by Crippen LogP contribution is 2.29. The fourth-order valence-electron chi connectivity index (χ4n) is 2.76. The monoisotopic (exact) mass is 430 g/mol. The lowest BCUT2D eigenvalue weighted by Crippen LogP contribution is -2.30. The lowest BCUT2D eigenvalue weighted by molar-refractivity contribution is -0.137. The predicted molar refractivity (Wildman–Crippen MR) is 111 cm³/mol. The van der Waals surface area contributed by atoms with Gasteiger partial charge in [0.2, 0.25) is 5.91 Å². The molecule has 0 fully saturated rings. The molecule has 3 N–H and O–H groups in total. The summed E-state index contributed by atoms with van der Waals surface area (Å²) >= 11 is 0. The molecule has 1 amide bonds. The molecule has 0 saturated heterocycles. The van der Waals surface area contributed by atoms with Crippen LogP contribution in [-0.2, 0) is 17.4 Å². The summed E-state index contributed by atoms with van der Waals surface area (Å²) < 4.78 is 38.3. The van der Waals surface area contributed by atoms with Crippen LogP contribution in [0.1, 0.15) is 16.7 Å². The number of aromatic nitrogens is 3. The van der Waals surface area contributed by atoms with E-state index in [1.807, 2.05) is 19.1 Å². The molecule has 0 aliphatic rings. The van der Waals surface area contributed by atoms with E-state index in [1.165, 1.54) is 18.5 Å². The summed E-state index contributed by atoms with van der Waals surface area (Å²) in [5, 5.41) is 8.81. The summed E-state index contributed by atoms with van der Waals surface area (Å²) in [5.74, 6) is 1.41. The zero-order chi connectivity index (χ0) is 22.3. The van der Waals surface area contributed by atoms with Crippen molar-refractivity contribution in [2.75, 3.05) is 23.7 Å². The third kappa shape index (κ3) is 6.95. The Bertz CT molecular complexity index is 1040. The van der Waals surface area contributed by atoms with E-state index in [2.05, 4.69) is 30.9 Å². The molecule has 3 aromatic rings. The molecule has 0 unspecified atom stereocenters. The van der Waals surface area contributed by atoms with Gasteiger partial charge in [0.15, 0.2) is 0 Å². The fourth-order valence-corrected chi connectivity index (χ4v) is 2.76. The average molecular weight is 430 g/mol. The number of nitrogens with one attached hydrogen (secondary N) is 3. The van der Waals surface area contributed by atoms with Gasteiger partial charge in [-0.3, -0.25) is 4.79 Å². The maximum Gasteiger partial charge on any atom is 0.416 e.